The Kier molecular flexibility index (Phi) is 40.0. The molecule has 37 heteroatoms. The number of carbonyl (C=O) groups is 10. The van der Waals surface area contributed by atoms with Gasteiger partial charge in [-0.05, 0) is 84.0 Å². The van der Waals surface area contributed by atoms with Crippen molar-refractivity contribution in [2.24, 2.45) is 39.6 Å². The number of carboxylic acid groups (broad SMARTS) is 2. The Hall–Kier alpha value is -8.88. The number of β-amino-alcohol motifs (C(OH)–C–C–N with tert-alkyl or cyclic N) is 3. The van der Waals surface area contributed by atoms with E-state index in [1.807, 2.05) is 137 Å². The molecule has 4 aliphatic rings. The molecule has 119 heavy (non-hydrogen) atoms. The Bertz CT molecular complexity index is 4350. The minimum atomic E-state index is -1.15. The third-order valence-corrected chi connectivity index (χ3v) is 19.6. The third-order valence-electron chi connectivity index (χ3n) is 19.3. The molecule has 0 bridgehead atoms. The first-order chi connectivity index (χ1) is 54.3. The molecule has 8 heterocycles. The van der Waals surface area contributed by atoms with Crippen molar-refractivity contribution in [3.05, 3.63) is 89.2 Å². The van der Waals surface area contributed by atoms with Gasteiger partial charge in [-0.3, -0.25) is 28.8 Å². The van der Waals surface area contributed by atoms with Crippen LogP contribution < -0.4 is 34.6 Å². The maximum atomic E-state index is 13.8. The summed E-state index contributed by atoms with van der Waals surface area (Å²) < 4.78 is 36.9. The number of likely N-dealkylation sites (tertiary alicyclic amines) is 3. The number of benzene rings is 2. The van der Waals surface area contributed by atoms with Gasteiger partial charge in [-0.2, -0.15) is 0 Å². The zero-order valence-corrected chi connectivity index (χ0v) is 72.9. The smallest absolute Gasteiger partial charge is 0.870 e. The average molecular weight is 1680 g/mol. The van der Waals surface area contributed by atoms with Crippen LogP contribution in [0.1, 0.15) is 161 Å². The number of carbonyl (C=O) groups excluding carboxylic acids is 8. The number of nitrogens with two attached hydrogens (primary N) is 1. The Morgan fingerprint density at radius 1 is 0.605 bits per heavy atom. The number of amides is 3. The van der Waals surface area contributed by atoms with Crippen LogP contribution in [0.15, 0.2) is 81.8 Å². The fourth-order valence-corrected chi connectivity index (χ4v) is 13.4. The van der Waals surface area contributed by atoms with E-state index in [9.17, 15) is 68.4 Å². The number of esters is 4. The van der Waals surface area contributed by atoms with E-state index >= 15 is 0 Å². The van der Waals surface area contributed by atoms with Crippen molar-refractivity contribution in [2.75, 3.05) is 40.4 Å². The number of nitrogens with one attached hydrogen (secondary N) is 1. The van der Waals surface area contributed by atoms with Crippen molar-refractivity contribution >= 4 is 108 Å². The summed E-state index contributed by atoms with van der Waals surface area (Å²) in [6.45, 7) is 33.3. The molecule has 0 saturated carbocycles. The van der Waals surface area contributed by atoms with E-state index in [0.717, 1.165) is 28.0 Å². The molecule has 4 saturated heterocycles. The molecule has 0 unspecified atom stereocenters. The van der Waals surface area contributed by atoms with E-state index < -0.39 is 131 Å². The molecule has 649 valence electrons. The number of fused-ring (bicyclic) bond motifs is 2. The van der Waals surface area contributed by atoms with Crippen LogP contribution in [0.5, 0.6) is 5.75 Å². The topological polar surface area (TPSA) is 494 Å². The molecule has 4 fully saturated rings. The maximum Gasteiger partial charge on any atom is 1.00 e. The first-order valence-electron chi connectivity index (χ1n) is 38.8. The number of aliphatic carboxylic acids is 2. The molecular weight excluding hydrogens is 1560 g/mol. The molecule has 4 aromatic heterocycles. The van der Waals surface area contributed by atoms with Crippen LogP contribution in [0, 0.1) is 47.8 Å². The normalized spacial score (nSPS) is 19.6. The first kappa shape index (κ1) is 104. The van der Waals surface area contributed by atoms with Crippen molar-refractivity contribution in [1.29, 1.82) is 0 Å². The van der Waals surface area contributed by atoms with Gasteiger partial charge >= 0.3 is 61.7 Å². The zero-order valence-electron chi connectivity index (χ0n) is 72.2. The minimum absolute atomic E-state index is 0. The van der Waals surface area contributed by atoms with Crippen LogP contribution in [0.25, 0.3) is 44.7 Å². The summed E-state index contributed by atoms with van der Waals surface area (Å²) in [5.41, 5.74) is 8.85. The number of aliphatic hydroxyl groups excluding tert-OH is 3. The van der Waals surface area contributed by atoms with E-state index in [0.29, 0.717) is 70.6 Å². The summed E-state index contributed by atoms with van der Waals surface area (Å²) in [4.78, 5) is 134. The van der Waals surface area contributed by atoms with Gasteiger partial charge in [0.2, 0.25) is 28.9 Å². The number of rotatable bonds is 19. The van der Waals surface area contributed by atoms with Gasteiger partial charge in [0.15, 0.2) is 13.0 Å². The van der Waals surface area contributed by atoms with Crippen LogP contribution in [0.2, 0.25) is 17.7 Å². The Morgan fingerprint density at radius 2 is 1.00 bits per heavy atom. The molecule has 10 rings (SSSR count). The predicted octanol–water partition coefficient (Wildman–Crippen LogP) is 5.55. The quantitative estimate of drug-likeness (QED) is 0.0213. The van der Waals surface area contributed by atoms with Gasteiger partial charge in [-0.1, -0.05) is 158 Å². The Balaban J connectivity index is 0.000000401. The Morgan fingerprint density at radius 3 is 1.39 bits per heavy atom. The van der Waals surface area contributed by atoms with Gasteiger partial charge in [0.25, 0.3) is 0 Å². The van der Waals surface area contributed by atoms with E-state index in [2.05, 4.69) is 25.4 Å². The van der Waals surface area contributed by atoms with Crippen LogP contribution in [-0.4, -0.2) is 245 Å². The summed E-state index contributed by atoms with van der Waals surface area (Å²) in [6, 6.07) is 19.8. The third kappa shape index (κ3) is 31.3. The molecule has 11 atom stereocenters. The number of hydrogen-bond acceptors (Lipinski definition) is 28. The number of methoxy groups -OCH3 is 2. The van der Waals surface area contributed by atoms with E-state index in [4.69, 9.17) is 60.4 Å². The van der Waals surface area contributed by atoms with Gasteiger partial charge in [0.1, 0.15) is 63.9 Å². The number of halogens is 1. The molecule has 10 N–H and O–H groups in total. The largest absolute Gasteiger partial charge is 1.00 e. The first-order valence-corrected chi connectivity index (χ1v) is 39.1. The van der Waals surface area contributed by atoms with Crippen LogP contribution >= 0.6 is 11.6 Å². The molecule has 4 aliphatic heterocycles. The summed E-state index contributed by atoms with van der Waals surface area (Å²) in [7, 11) is 3.40. The summed E-state index contributed by atoms with van der Waals surface area (Å²) in [6.07, 6.45) is -0.558. The second-order valence-corrected chi connectivity index (χ2v) is 34.8. The predicted molar refractivity (Wildman–Crippen MR) is 439 cm³/mol. The fourth-order valence-electron chi connectivity index (χ4n) is 13.1. The number of nitrogens with zero attached hydrogens (tertiary/aromatic N) is 7. The molecule has 3 amide bonds. The molecule has 0 aliphatic carbocycles. The second-order valence-electron chi connectivity index (χ2n) is 34.4. The van der Waals surface area contributed by atoms with Crippen molar-refractivity contribution in [3.8, 4) is 28.3 Å². The van der Waals surface area contributed by atoms with Crippen molar-refractivity contribution in [3.63, 3.8) is 0 Å². The number of carboxylic acids is 2. The van der Waals surface area contributed by atoms with Gasteiger partial charge in [0, 0.05) is 68.4 Å². The Labute approximate surface area is 713 Å². The van der Waals surface area contributed by atoms with E-state index in [-0.39, 0.29) is 99.4 Å². The van der Waals surface area contributed by atoms with Crippen molar-refractivity contribution in [1.82, 2.24) is 40.3 Å². The van der Waals surface area contributed by atoms with Crippen molar-refractivity contribution < 1.29 is 136 Å². The number of pyridine rings is 2. The second kappa shape index (κ2) is 45.7. The minimum Gasteiger partial charge on any atom is -0.870 e. The molecular formula is C82H118B2ClLiN9O24. The molecule has 1 radical (unpaired) electrons. The number of ether oxygens (including phenoxy) is 5. The maximum absolute atomic E-state index is 13.8. The van der Waals surface area contributed by atoms with Crippen LogP contribution in [0.3, 0.4) is 0 Å². The molecule has 6 aromatic rings. The average Bonchev–Trinajstić information content (AvgIpc) is 1.87. The monoisotopic (exact) mass is 1680 g/mol. The SMILES string of the molecule is CC(C)(C)OC(=O)C[C@H](C(=O)N1C[C@H](O)C[C@H]1C(=O)O)C(C)(C)C.CCB(N)O.COC(=O)[C@@H]1C[C@@H](O)CN1.COC(=O)[C@@H]1C[C@@H](O)CN1C(=O)[C@@H](C[B]C=O)C(C)(C)C.Cc1noc2c(Cl)cc(-c3ccccc3)nc12.Cc1noc2c(O[C@@H]3C[C@@H](C(=O)O)N(C(=O)[C@@H](CC(=O)OC(C)(C)C)C(C)(C)C)C3)cc(-c3ccccc3)nc12.[Li+].[OH-]. The van der Waals surface area contributed by atoms with E-state index in [1.54, 1.807) is 60.6 Å². The number of aliphatic hydroxyl groups is 3. The molecule has 2 aromatic carbocycles. The van der Waals surface area contributed by atoms with Crippen molar-refractivity contribution in [2.45, 2.75) is 236 Å². The fraction of sp³-hybridized carbons (Fsp3) is 0.585. The van der Waals surface area contributed by atoms with Gasteiger partial charge in [-0.25, -0.2) is 24.4 Å². The van der Waals surface area contributed by atoms with Gasteiger partial charge in [-0.15, -0.1) is 0 Å². The molecule has 0 spiro atoms. The van der Waals surface area contributed by atoms with Gasteiger partial charge in [0.05, 0.1) is 86.3 Å². The number of hydrogen-bond donors (Lipinski definition) is 8. The number of aryl methyl sites for hydroxylation is 2. The standard InChI is InChI=1S/C30H37N3O7.C17H29NO6.C14H23BNO5.C13H9ClN2O.C6H11NO3.C2H8BNO.Li.H2O/c1-17-25-26(40-32-17)23(15-21(31-25)18-11-9-8-10-12-18)38-19-13-22(28(36)37)33(16-19)27(35)20(29(2,3)4)14-24(34)39-30(5,6)7;1-16(2,3)11(8-13(20)24-17(4,5)6)14(21)18-9-10(19)7-12(18)15(22)23;1-14(2,3)10(6-15-8-17)12(19)16-7-9(18)5-11(16)13(20)21-4;1-8-12-13(17-16-8)10(14)7-11(15-12)9-5-3-2-4-6-9;1-10-6(9)5-2-4(8)3-7-5;1-2-3(4)5;;/h8-12,15,19-20,22H,13-14,16H2,1-7H3,(H,36,37);10-12,19H,7-9H2,1-6H3,(H,22,23);8-11,18H,5-7H2,1-4H3;2-7H,1H3;4-5,7-8H,2-3H2,1H3;5H,2,4H2,1H3;;1H2/q;;;;;;+1;/p-1/t19-,20-,22+;10-,11-,12+;9-,10-,11+;;4-,5+;;;/m111.1.../s1. The summed E-state index contributed by atoms with van der Waals surface area (Å²) in [5.74, 6) is -6.75. The molecule has 33 nitrogen and oxygen atoms in total. The van der Waals surface area contributed by atoms with Gasteiger partial charge < -0.3 is 99.2 Å². The summed E-state index contributed by atoms with van der Waals surface area (Å²) in [5, 5.41) is 67.2. The van der Waals surface area contributed by atoms with Crippen LogP contribution in [0.4, 0.5) is 0 Å². The number of aromatic nitrogens is 4. The zero-order chi connectivity index (χ0) is 88.2. The van der Waals surface area contributed by atoms with Crippen LogP contribution in [-0.2, 0) is 66.9 Å². The summed E-state index contributed by atoms with van der Waals surface area (Å²) >= 11 is 6.15. The van der Waals surface area contributed by atoms with E-state index in [1.165, 1.54) is 36.2 Å².